The quantitative estimate of drug-likeness (QED) is 0.624. The van der Waals surface area contributed by atoms with E-state index in [0.717, 1.165) is 35.7 Å². The number of sulfonamides is 1. The molecule has 1 aromatic heterocycles. The van der Waals surface area contributed by atoms with Crippen LogP contribution in [0.5, 0.6) is 0 Å². The van der Waals surface area contributed by atoms with E-state index in [1.54, 1.807) is 24.3 Å². The number of amidine groups is 1. The van der Waals surface area contributed by atoms with Gasteiger partial charge in [0.2, 0.25) is 5.91 Å². The van der Waals surface area contributed by atoms with Crippen molar-refractivity contribution in [3.63, 3.8) is 0 Å². The van der Waals surface area contributed by atoms with Gasteiger partial charge in [-0.25, -0.2) is 8.42 Å². The number of fused-ring (bicyclic) bond motifs is 4. The maximum atomic E-state index is 13.6. The number of aromatic amines is 1. The number of hydrogen-bond acceptors (Lipinski definition) is 4. The van der Waals surface area contributed by atoms with E-state index in [1.165, 1.54) is 5.69 Å². The van der Waals surface area contributed by atoms with Crippen molar-refractivity contribution in [1.82, 2.24) is 14.6 Å². The van der Waals surface area contributed by atoms with Gasteiger partial charge in [-0.1, -0.05) is 50.1 Å². The zero-order valence-corrected chi connectivity index (χ0v) is 18.8. The molecule has 1 unspecified atom stereocenters. The number of aromatic nitrogens is 1. The highest BCUT2D eigenvalue weighted by Crippen LogP contribution is 2.29. The third-order valence-corrected chi connectivity index (χ3v) is 7.66. The standard InChI is InChI=1S/C24H26N4O3S/c1-2-3-10-21(26-23-17-9-5-7-12-22(17)32(30,31)27-23)24(29)28-14-13-20-18(15-28)16-8-4-6-11-19(16)25-20/h4-9,11-12,21,25H,2-3,10,13-15H2,1H3,(H,26,27). The molecule has 0 spiro atoms. The average Bonchev–Trinajstić information content (AvgIpc) is 3.30. The van der Waals surface area contributed by atoms with Crippen LogP contribution in [-0.2, 0) is 27.8 Å². The first-order chi connectivity index (χ1) is 15.5. The lowest BCUT2D eigenvalue weighted by atomic mass is 10.0. The summed E-state index contributed by atoms with van der Waals surface area (Å²) in [5.74, 6) is 0.213. The van der Waals surface area contributed by atoms with Crippen LogP contribution >= 0.6 is 0 Å². The summed E-state index contributed by atoms with van der Waals surface area (Å²) in [7, 11) is -3.64. The summed E-state index contributed by atoms with van der Waals surface area (Å²) < 4.78 is 27.5. The smallest absolute Gasteiger partial charge is 0.263 e. The molecule has 1 atom stereocenters. The topological polar surface area (TPSA) is 94.6 Å². The van der Waals surface area contributed by atoms with Crippen molar-refractivity contribution < 1.29 is 13.2 Å². The highest BCUT2D eigenvalue weighted by Gasteiger charge is 2.33. The number of hydrogen-bond donors (Lipinski definition) is 2. The fraction of sp³-hybridized carbons (Fsp3) is 0.333. The minimum absolute atomic E-state index is 0.0505. The number of carbonyl (C=O) groups excluding carboxylic acids is 1. The molecule has 0 radical (unpaired) electrons. The Bertz CT molecular complexity index is 1330. The van der Waals surface area contributed by atoms with Crippen LogP contribution < -0.4 is 4.72 Å². The largest absolute Gasteiger partial charge is 0.358 e. The molecule has 3 aromatic rings. The van der Waals surface area contributed by atoms with Gasteiger partial charge in [-0.15, -0.1) is 0 Å². The van der Waals surface area contributed by atoms with Crippen molar-refractivity contribution in [3.8, 4) is 0 Å². The SMILES string of the molecule is CCCCC(N=C1NS(=O)(=O)c2ccccc21)C(=O)N1CCc2[nH]c3ccccc3c2C1. The van der Waals surface area contributed by atoms with Gasteiger partial charge in [-0.2, -0.15) is 0 Å². The first kappa shape index (κ1) is 20.8. The van der Waals surface area contributed by atoms with Gasteiger partial charge in [0.25, 0.3) is 10.0 Å². The second-order valence-corrected chi connectivity index (χ2v) is 10.0. The molecule has 0 saturated heterocycles. The van der Waals surface area contributed by atoms with Crippen LogP contribution in [0.25, 0.3) is 10.9 Å². The first-order valence-electron chi connectivity index (χ1n) is 11.0. The molecule has 166 valence electrons. The molecule has 2 aliphatic rings. The van der Waals surface area contributed by atoms with E-state index in [0.29, 0.717) is 25.1 Å². The Balaban J connectivity index is 1.45. The highest BCUT2D eigenvalue weighted by molar-refractivity contribution is 7.90. The van der Waals surface area contributed by atoms with Crippen LogP contribution in [0.3, 0.4) is 0 Å². The molecule has 32 heavy (non-hydrogen) atoms. The van der Waals surface area contributed by atoms with Crippen LogP contribution in [0.2, 0.25) is 0 Å². The lowest BCUT2D eigenvalue weighted by molar-refractivity contribution is -0.133. The molecule has 0 saturated carbocycles. The Labute approximate surface area is 187 Å². The summed E-state index contributed by atoms with van der Waals surface area (Å²) in [4.78, 5) is 23.8. The zero-order chi connectivity index (χ0) is 22.3. The van der Waals surface area contributed by atoms with E-state index in [2.05, 4.69) is 33.8 Å². The Kier molecular flexibility index (Phi) is 5.25. The van der Waals surface area contributed by atoms with E-state index in [4.69, 9.17) is 0 Å². The van der Waals surface area contributed by atoms with Gasteiger partial charge in [-0.05, 0) is 24.6 Å². The van der Waals surface area contributed by atoms with E-state index in [1.807, 2.05) is 17.0 Å². The minimum atomic E-state index is -3.64. The number of unbranched alkanes of at least 4 members (excludes halogenated alkanes) is 1. The minimum Gasteiger partial charge on any atom is -0.358 e. The lowest BCUT2D eigenvalue weighted by Gasteiger charge is -2.29. The van der Waals surface area contributed by atoms with Crippen molar-refractivity contribution >= 4 is 32.7 Å². The van der Waals surface area contributed by atoms with E-state index < -0.39 is 16.1 Å². The van der Waals surface area contributed by atoms with E-state index >= 15 is 0 Å². The van der Waals surface area contributed by atoms with Crippen LogP contribution in [0.15, 0.2) is 58.4 Å². The number of rotatable bonds is 5. The van der Waals surface area contributed by atoms with Crippen LogP contribution in [0.4, 0.5) is 0 Å². The van der Waals surface area contributed by atoms with Crippen LogP contribution in [0.1, 0.15) is 43.0 Å². The Hall–Kier alpha value is -3.13. The zero-order valence-electron chi connectivity index (χ0n) is 18.0. The number of carbonyl (C=O) groups is 1. The fourth-order valence-electron chi connectivity index (χ4n) is 4.59. The van der Waals surface area contributed by atoms with Gasteiger partial charge in [0.15, 0.2) is 0 Å². The molecule has 0 aliphatic carbocycles. The average molecular weight is 451 g/mol. The molecular formula is C24H26N4O3S. The molecular weight excluding hydrogens is 424 g/mol. The summed E-state index contributed by atoms with van der Waals surface area (Å²) in [5, 5.41) is 1.15. The molecule has 0 fully saturated rings. The molecule has 1 amide bonds. The monoisotopic (exact) mass is 450 g/mol. The Morgan fingerprint density at radius 1 is 1.16 bits per heavy atom. The van der Waals surface area contributed by atoms with Crippen LogP contribution in [0, 0.1) is 0 Å². The van der Waals surface area contributed by atoms with Gasteiger partial charge in [-0.3, -0.25) is 14.5 Å². The molecule has 2 aromatic carbocycles. The van der Waals surface area contributed by atoms with E-state index in [-0.39, 0.29) is 16.6 Å². The number of benzene rings is 2. The molecule has 2 N–H and O–H groups in total. The molecule has 2 aliphatic heterocycles. The highest BCUT2D eigenvalue weighted by atomic mass is 32.2. The number of nitrogens with zero attached hydrogens (tertiary/aromatic N) is 2. The third-order valence-electron chi connectivity index (χ3n) is 6.26. The Morgan fingerprint density at radius 2 is 1.94 bits per heavy atom. The molecule has 3 heterocycles. The maximum Gasteiger partial charge on any atom is 0.263 e. The van der Waals surface area contributed by atoms with Crippen molar-refractivity contribution in [2.45, 2.75) is 50.1 Å². The number of H-pyrrole nitrogens is 1. The Morgan fingerprint density at radius 3 is 2.78 bits per heavy atom. The lowest BCUT2D eigenvalue weighted by Crippen LogP contribution is -2.42. The van der Waals surface area contributed by atoms with Crippen molar-refractivity contribution in [3.05, 3.63) is 65.4 Å². The molecule has 8 heteroatoms. The summed E-state index contributed by atoms with van der Waals surface area (Å²) in [6, 6.07) is 14.3. The number of amides is 1. The maximum absolute atomic E-state index is 13.6. The molecule has 5 rings (SSSR count). The molecule has 0 bridgehead atoms. The summed E-state index contributed by atoms with van der Waals surface area (Å²) in [5.41, 5.74) is 3.96. The summed E-state index contributed by atoms with van der Waals surface area (Å²) in [6.07, 6.45) is 3.12. The summed E-state index contributed by atoms with van der Waals surface area (Å²) in [6.45, 7) is 3.23. The van der Waals surface area contributed by atoms with Gasteiger partial charge in [0.1, 0.15) is 11.9 Å². The van der Waals surface area contributed by atoms with Gasteiger partial charge in [0.05, 0.1) is 4.90 Å². The first-order valence-corrected chi connectivity index (χ1v) is 12.5. The number of nitrogens with one attached hydrogen (secondary N) is 2. The van der Waals surface area contributed by atoms with Gasteiger partial charge in [0, 0.05) is 47.2 Å². The van der Waals surface area contributed by atoms with Gasteiger partial charge < -0.3 is 9.88 Å². The van der Waals surface area contributed by atoms with Crippen molar-refractivity contribution in [1.29, 1.82) is 0 Å². The number of para-hydroxylation sites is 1. The third kappa shape index (κ3) is 3.58. The number of aliphatic imine (C=N–C) groups is 1. The normalized spacial score (nSPS) is 18.9. The van der Waals surface area contributed by atoms with Gasteiger partial charge >= 0.3 is 0 Å². The second-order valence-electron chi connectivity index (χ2n) is 8.37. The predicted octanol–water partition coefficient (Wildman–Crippen LogP) is 3.35. The van der Waals surface area contributed by atoms with Crippen molar-refractivity contribution in [2.24, 2.45) is 4.99 Å². The molecule has 7 nitrogen and oxygen atoms in total. The van der Waals surface area contributed by atoms with Crippen molar-refractivity contribution in [2.75, 3.05) is 6.54 Å². The summed E-state index contributed by atoms with van der Waals surface area (Å²) >= 11 is 0. The predicted molar refractivity (Wildman–Crippen MR) is 124 cm³/mol. The fourth-order valence-corrected chi connectivity index (χ4v) is 5.83. The second kappa shape index (κ2) is 8.09. The van der Waals surface area contributed by atoms with E-state index in [9.17, 15) is 13.2 Å². The van der Waals surface area contributed by atoms with Crippen LogP contribution in [-0.4, -0.2) is 42.6 Å².